The zero-order chi connectivity index (χ0) is 13.5. The summed E-state index contributed by atoms with van der Waals surface area (Å²) < 4.78 is 4.61. The minimum atomic E-state index is -0.149. The van der Waals surface area contributed by atoms with E-state index in [-0.39, 0.29) is 5.97 Å². The van der Waals surface area contributed by atoms with Crippen LogP contribution in [0.3, 0.4) is 0 Å². The van der Waals surface area contributed by atoms with Crippen molar-refractivity contribution in [2.24, 2.45) is 0 Å². The van der Waals surface area contributed by atoms with Crippen LogP contribution in [-0.2, 0) is 9.53 Å². The lowest BCUT2D eigenvalue weighted by Crippen LogP contribution is -2.07. The molecule has 1 aromatic carbocycles. The molecule has 0 atom stereocenters. The minimum absolute atomic E-state index is 0.149. The number of aryl methyl sites for hydroxylation is 1. The van der Waals surface area contributed by atoms with Crippen molar-refractivity contribution < 1.29 is 9.53 Å². The number of nitrogens with one attached hydrogen (secondary N) is 1. The van der Waals surface area contributed by atoms with Crippen molar-refractivity contribution in [3.8, 4) is 0 Å². The van der Waals surface area contributed by atoms with Crippen LogP contribution in [0.1, 0.15) is 43.7 Å². The average Bonchev–Trinajstić information content (AvgIpc) is 2.35. The van der Waals surface area contributed by atoms with Gasteiger partial charge in [0.05, 0.1) is 7.11 Å². The minimum Gasteiger partial charge on any atom is -0.469 e. The summed E-state index contributed by atoms with van der Waals surface area (Å²) in [6.45, 7) is 7.25. The highest BCUT2D eigenvalue weighted by Crippen LogP contribution is 2.22. The van der Waals surface area contributed by atoms with Gasteiger partial charge in [-0.2, -0.15) is 0 Å². The third-order valence-electron chi connectivity index (χ3n) is 3.03. The summed E-state index contributed by atoms with van der Waals surface area (Å²) in [7, 11) is 1.42. The first-order valence-electron chi connectivity index (χ1n) is 6.46. The van der Waals surface area contributed by atoms with E-state index in [0.29, 0.717) is 12.3 Å². The maximum absolute atomic E-state index is 11.0. The molecule has 0 unspecified atom stereocenters. The van der Waals surface area contributed by atoms with Crippen molar-refractivity contribution in [1.82, 2.24) is 0 Å². The Hall–Kier alpha value is -1.51. The van der Waals surface area contributed by atoms with Crippen LogP contribution in [0.25, 0.3) is 0 Å². The zero-order valence-electron chi connectivity index (χ0n) is 11.7. The molecule has 3 heteroatoms. The van der Waals surface area contributed by atoms with Gasteiger partial charge >= 0.3 is 5.97 Å². The lowest BCUT2D eigenvalue weighted by molar-refractivity contribution is -0.140. The van der Waals surface area contributed by atoms with Crippen LogP contribution in [0.5, 0.6) is 0 Å². The molecule has 0 radical (unpaired) electrons. The number of benzene rings is 1. The van der Waals surface area contributed by atoms with Crippen molar-refractivity contribution in [2.45, 2.75) is 39.5 Å². The molecule has 100 valence electrons. The number of carbonyl (C=O) groups is 1. The van der Waals surface area contributed by atoms with Gasteiger partial charge in [-0.15, -0.1) is 0 Å². The molecule has 0 amide bonds. The largest absolute Gasteiger partial charge is 0.469 e. The molecule has 0 heterocycles. The molecule has 0 aliphatic rings. The number of esters is 1. The molecule has 0 aliphatic heterocycles. The summed E-state index contributed by atoms with van der Waals surface area (Å²) >= 11 is 0. The molecule has 0 spiro atoms. The Morgan fingerprint density at radius 1 is 1.39 bits per heavy atom. The summed E-state index contributed by atoms with van der Waals surface area (Å²) in [5, 5.41) is 3.38. The fourth-order valence-electron chi connectivity index (χ4n) is 1.75. The molecule has 1 aromatic rings. The second-order valence-corrected chi connectivity index (χ2v) is 4.84. The topological polar surface area (TPSA) is 38.3 Å². The lowest BCUT2D eigenvalue weighted by atomic mass is 10.0. The van der Waals surface area contributed by atoms with Crippen LogP contribution >= 0.6 is 0 Å². The molecule has 0 aromatic heterocycles. The Labute approximate surface area is 110 Å². The predicted octanol–water partition coefficient (Wildman–Crippen LogP) is 3.48. The second kappa shape index (κ2) is 7.04. The van der Waals surface area contributed by atoms with Gasteiger partial charge in [0.15, 0.2) is 0 Å². The fourth-order valence-corrected chi connectivity index (χ4v) is 1.75. The number of hydrogen-bond donors (Lipinski definition) is 1. The Kier molecular flexibility index (Phi) is 5.69. The SMILES string of the molecule is COC(=O)CCCNc1cc(C(C)C)ccc1C. The number of anilines is 1. The molecule has 0 bridgehead atoms. The van der Waals surface area contributed by atoms with E-state index in [2.05, 4.69) is 49.0 Å². The predicted molar refractivity (Wildman–Crippen MR) is 75.0 cm³/mol. The molecular weight excluding hydrogens is 226 g/mol. The quantitative estimate of drug-likeness (QED) is 0.619. The van der Waals surface area contributed by atoms with Gasteiger partial charge in [-0.25, -0.2) is 0 Å². The summed E-state index contributed by atoms with van der Waals surface area (Å²) in [6.07, 6.45) is 1.25. The zero-order valence-corrected chi connectivity index (χ0v) is 11.7. The number of methoxy groups -OCH3 is 1. The first-order chi connectivity index (χ1) is 8.54. The number of hydrogen-bond acceptors (Lipinski definition) is 3. The number of rotatable bonds is 6. The maximum Gasteiger partial charge on any atom is 0.305 e. The van der Waals surface area contributed by atoms with Crippen LogP contribution in [0.4, 0.5) is 5.69 Å². The Morgan fingerprint density at radius 3 is 2.72 bits per heavy atom. The smallest absolute Gasteiger partial charge is 0.305 e. The van der Waals surface area contributed by atoms with Gasteiger partial charge in [-0.1, -0.05) is 26.0 Å². The molecule has 1 N–H and O–H groups in total. The van der Waals surface area contributed by atoms with Crippen LogP contribution in [0.15, 0.2) is 18.2 Å². The highest BCUT2D eigenvalue weighted by Gasteiger charge is 2.04. The molecule has 0 saturated heterocycles. The fraction of sp³-hybridized carbons (Fsp3) is 0.533. The van der Waals surface area contributed by atoms with Crippen molar-refractivity contribution in [3.05, 3.63) is 29.3 Å². The highest BCUT2D eigenvalue weighted by molar-refractivity contribution is 5.69. The number of ether oxygens (including phenoxy) is 1. The highest BCUT2D eigenvalue weighted by atomic mass is 16.5. The Morgan fingerprint density at radius 2 is 2.11 bits per heavy atom. The lowest BCUT2D eigenvalue weighted by Gasteiger charge is -2.13. The molecule has 0 fully saturated rings. The van der Waals surface area contributed by atoms with Crippen LogP contribution in [0.2, 0.25) is 0 Å². The van der Waals surface area contributed by atoms with Crippen LogP contribution in [0, 0.1) is 6.92 Å². The Balaban J connectivity index is 2.51. The average molecular weight is 249 g/mol. The monoisotopic (exact) mass is 249 g/mol. The third-order valence-corrected chi connectivity index (χ3v) is 3.03. The van der Waals surface area contributed by atoms with Gasteiger partial charge in [-0.3, -0.25) is 4.79 Å². The van der Waals surface area contributed by atoms with Gasteiger partial charge < -0.3 is 10.1 Å². The van der Waals surface area contributed by atoms with E-state index in [1.807, 2.05) is 0 Å². The van der Waals surface area contributed by atoms with E-state index < -0.39 is 0 Å². The molecule has 0 aliphatic carbocycles. The molecule has 1 rings (SSSR count). The van der Waals surface area contributed by atoms with Gasteiger partial charge in [0.25, 0.3) is 0 Å². The molecule has 18 heavy (non-hydrogen) atoms. The van der Waals surface area contributed by atoms with E-state index in [1.165, 1.54) is 18.2 Å². The van der Waals surface area contributed by atoms with Crippen LogP contribution in [-0.4, -0.2) is 19.6 Å². The summed E-state index contributed by atoms with van der Waals surface area (Å²) in [4.78, 5) is 11.0. The summed E-state index contributed by atoms with van der Waals surface area (Å²) in [6, 6.07) is 6.50. The van der Waals surface area contributed by atoms with E-state index in [4.69, 9.17) is 0 Å². The Bertz CT molecular complexity index is 399. The van der Waals surface area contributed by atoms with Crippen molar-refractivity contribution in [2.75, 3.05) is 19.0 Å². The van der Waals surface area contributed by atoms with E-state index in [1.54, 1.807) is 0 Å². The van der Waals surface area contributed by atoms with E-state index in [9.17, 15) is 4.79 Å². The van der Waals surface area contributed by atoms with Crippen molar-refractivity contribution in [1.29, 1.82) is 0 Å². The normalized spacial score (nSPS) is 10.5. The summed E-state index contributed by atoms with van der Waals surface area (Å²) in [5.74, 6) is 0.380. The van der Waals surface area contributed by atoms with E-state index >= 15 is 0 Å². The van der Waals surface area contributed by atoms with Crippen molar-refractivity contribution in [3.63, 3.8) is 0 Å². The van der Waals surface area contributed by atoms with Gasteiger partial charge in [-0.05, 0) is 36.5 Å². The second-order valence-electron chi connectivity index (χ2n) is 4.84. The molecular formula is C15H23NO2. The van der Waals surface area contributed by atoms with Gasteiger partial charge in [0.2, 0.25) is 0 Å². The van der Waals surface area contributed by atoms with E-state index in [0.717, 1.165) is 18.7 Å². The first kappa shape index (κ1) is 14.6. The standard InChI is InChI=1S/C15H23NO2/c1-11(2)13-8-7-12(3)14(10-13)16-9-5-6-15(17)18-4/h7-8,10-11,16H,5-6,9H2,1-4H3. The van der Waals surface area contributed by atoms with Crippen LogP contribution < -0.4 is 5.32 Å². The molecule has 0 saturated carbocycles. The van der Waals surface area contributed by atoms with Crippen molar-refractivity contribution >= 4 is 11.7 Å². The summed E-state index contributed by atoms with van der Waals surface area (Å²) in [5.41, 5.74) is 3.72. The van der Waals surface area contributed by atoms with Gasteiger partial charge in [0.1, 0.15) is 0 Å². The maximum atomic E-state index is 11.0. The van der Waals surface area contributed by atoms with Gasteiger partial charge in [0, 0.05) is 18.7 Å². The third kappa shape index (κ3) is 4.40. The number of carbonyl (C=O) groups excluding carboxylic acids is 1. The first-order valence-corrected chi connectivity index (χ1v) is 6.46. The molecule has 3 nitrogen and oxygen atoms in total.